The van der Waals surface area contributed by atoms with Crippen molar-refractivity contribution >= 4 is 44.6 Å². The van der Waals surface area contributed by atoms with Crippen LogP contribution in [0.25, 0.3) is 5.70 Å². The summed E-state index contributed by atoms with van der Waals surface area (Å²) in [7, 11) is 0. The number of allylic oxidation sites excluding steroid dienone is 1. The molecule has 3 rings (SSSR count). The van der Waals surface area contributed by atoms with Crippen molar-refractivity contribution in [2.45, 2.75) is 19.9 Å². The lowest BCUT2D eigenvalue weighted by Gasteiger charge is -2.26. The van der Waals surface area contributed by atoms with Crippen molar-refractivity contribution in [2.75, 3.05) is 11.4 Å². The highest BCUT2D eigenvalue weighted by atomic mass is 79.9. The number of anilines is 2. The van der Waals surface area contributed by atoms with Crippen LogP contribution in [0.15, 0.2) is 52.6 Å². The third-order valence-electron chi connectivity index (χ3n) is 3.90. The Morgan fingerprint density at radius 3 is 2.61 bits per heavy atom. The standard InChI is InChI=1S/C18H19BrClN3/c1-11-10-23(15-6-4-14(20)5-7-15)17-9-13(19)3-8-16(17)18(22-11)12(2)21/h3-9,11,22H,10,21H2,1-2H3/b18-12-. The molecule has 23 heavy (non-hydrogen) atoms. The monoisotopic (exact) mass is 391 g/mol. The quantitative estimate of drug-likeness (QED) is 0.727. The van der Waals surface area contributed by atoms with Gasteiger partial charge < -0.3 is 16.0 Å². The van der Waals surface area contributed by atoms with E-state index >= 15 is 0 Å². The van der Waals surface area contributed by atoms with E-state index in [1.54, 1.807) is 0 Å². The van der Waals surface area contributed by atoms with Gasteiger partial charge in [-0.3, -0.25) is 0 Å². The second kappa shape index (κ2) is 6.46. The number of rotatable bonds is 1. The van der Waals surface area contributed by atoms with Gasteiger partial charge in [-0.2, -0.15) is 0 Å². The molecule has 1 unspecified atom stereocenters. The molecule has 0 radical (unpaired) electrons. The van der Waals surface area contributed by atoms with Crippen molar-refractivity contribution in [1.29, 1.82) is 0 Å². The largest absolute Gasteiger partial charge is 0.401 e. The summed E-state index contributed by atoms with van der Waals surface area (Å²) in [5.41, 5.74) is 11.2. The molecule has 0 aromatic heterocycles. The molecular weight excluding hydrogens is 374 g/mol. The number of fused-ring (bicyclic) bond motifs is 1. The van der Waals surface area contributed by atoms with E-state index < -0.39 is 0 Å². The fourth-order valence-corrected chi connectivity index (χ4v) is 3.35. The molecule has 2 aromatic carbocycles. The van der Waals surface area contributed by atoms with Crippen molar-refractivity contribution in [3.05, 3.63) is 63.2 Å². The number of hydrogen-bond acceptors (Lipinski definition) is 3. The lowest BCUT2D eigenvalue weighted by atomic mass is 10.1. The second-order valence-corrected chi connectivity index (χ2v) is 7.20. The first-order valence-electron chi connectivity index (χ1n) is 7.51. The van der Waals surface area contributed by atoms with E-state index in [-0.39, 0.29) is 6.04 Å². The van der Waals surface area contributed by atoms with Gasteiger partial charge in [-0.15, -0.1) is 0 Å². The molecule has 0 aliphatic carbocycles. The zero-order valence-corrected chi connectivity index (χ0v) is 15.4. The zero-order valence-electron chi connectivity index (χ0n) is 13.1. The van der Waals surface area contributed by atoms with Crippen LogP contribution in [-0.4, -0.2) is 12.6 Å². The Labute approximate surface area is 150 Å². The van der Waals surface area contributed by atoms with Gasteiger partial charge in [0.15, 0.2) is 0 Å². The molecule has 0 amide bonds. The van der Waals surface area contributed by atoms with E-state index in [4.69, 9.17) is 17.3 Å². The minimum atomic E-state index is 0.255. The topological polar surface area (TPSA) is 41.3 Å². The molecule has 0 saturated carbocycles. The SMILES string of the molecule is C/C(N)=C1/NC(C)CN(c2ccc(Cl)cc2)c2cc(Br)ccc21. The summed E-state index contributed by atoms with van der Waals surface area (Å²) in [6.45, 7) is 4.92. The van der Waals surface area contributed by atoms with Crippen LogP contribution < -0.4 is 16.0 Å². The molecule has 0 bridgehead atoms. The summed E-state index contributed by atoms with van der Waals surface area (Å²) < 4.78 is 1.04. The van der Waals surface area contributed by atoms with Crippen LogP contribution in [0.3, 0.4) is 0 Å². The number of hydrogen-bond donors (Lipinski definition) is 2. The Bertz CT molecular complexity index is 751. The number of nitrogens with one attached hydrogen (secondary N) is 1. The Kier molecular flexibility index (Phi) is 4.55. The molecule has 1 aliphatic rings. The number of halogens is 2. The van der Waals surface area contributed by atoms with Crippen LogP contribution in [0.5, 0.6) is 0 Å². The van der Waals surface area contributed by atoms with Gasteiger partial charge >= 0.3 is 0 Å². The molecule has 1 atom stereocenters. The fraction of sp³-hybridized carbons (Fsp3) is 0.222. The van der Waals surface area contributed by atoms with Crippen LogP contribution in [0.4, 0.5) is 11.4 Å². The highest BCUT2D eigenvalue weighted by Crippen LogP contribution is 2.37. The zero-order chi connectivity index (χ0) is 16.6. The molecule has 0 saturated heterocycles. The first-order valence-corrected chi connectivity index (χ1v) is 8.68. The van der Waals surface area contributed by atoms with Crippen LogP contribution in [-0.2, 0) is 0 Å². The number of nitrogens with two attached hydrogens (primary N) is 1. The smallest absolute Gasteiger partial charge is 0.0625 e. The third kappa shape index (κ3) is 3.33. The van der Waals surface area contributed by atoms with Crippen molar-refractivity contribution in [3.63, 3.8) is 0 Å². The van der Waals surface area contributed by atoms with Crippen molar-refractivity contribution in [1.82, 2.24) is 5.32 Å². The first-order chi connectivity index (χ1) is 11.0. The van der Waals surface area contributed by atoms with Gasteiger partial charge in [-0.05, 0) is 56.3 Å². The van der Waals surface area contributed by atoms with Gasteiger partial charge in [0.25, 0.3) is 0 Å². The van der Waals surface area contributed by atoms with E-state index in [9.17, 15) is 0 Å². The van der Waals surface area contributed by atoms with Gasteiger partial charge in [-0.25, -0.2) is 0 Å². The van der Waals surface area contributed by atoms with Gasteiger partial charge in [0.05, 0.1) is 11.4 Å². The van der Waals surface area contributed by atoms with E-state index in [0.717, 1.165) is 44.4 Å². The minimum absolute atomic E-state index is 0.255. The number of nitrogens with zero attached hydrogens (tertiary/aromatic N) is 1. The summed E-state index contributed by atoms with van der Waals surface area (Å²) in [5.74, 6) is 0. The maximum absolute atomic E-state index is 6.13. The minimum Gasteiger partial charge on any atom is -0.401 e. The highest BCUT2D eigenvalue weighted by molar-refractivity contribution is 9.10. The molecule has 1 aliphatic heterocycles. The average Bonchev–Trinajstić information content (AvgIpc) is 2.65. The molecule has 0 fully saturated rings. The van der Waals surface area contributed by atoms with E-state index in [2.05, 4.69) is 45.2 Å². The summed E-state index contributed by atoms with van der Waals surface area (Å²) in [5, 5.41) is 4.28. The molecule has 5 heteroatoms. The molecule has 3 nitrogen and oxygen atoms in total. The Morgan fingerprint density at radius 2 is 1.96 bits per heavy atom. The van der Waals surface area contributed by atoms with Crippen LogP contribution in [0.2, 0.25) is 5.02 Å². The molecule has 0 spiro atoms. The Balaban J connectivity index is 2.20. The van der Waals surface area contributed by atoms with Crippen LogP contribution >= 0.6 is 27.5 Å². The Morgan fingerprint density at radius 1 is 1.26 bits per heavy atom. The van der Waals surface area contributed by atoms with Gasteiger partial charge in [-0.1, -0.05) is 27.5 Å². The first kappa shape index (κ1) is 16.2. The summed E-state index contributed by atoms with van der Waals surface area (Å²) >= 11 is 9.62. The predicted octanol–water partition coefficient (Wildman–Crippen LogP) is 4.88. The van der Waals surface area contributed by atoms with Crippen LogP contribution in [0.1, 0.15) is 19.4 Å². The van der Waals surface area contributed by atoms with E-state index in [0.29, 0.717) is 0 Å². The third-order valence-corrected chi connectivity index (χ3v) is 4.64. The van der Waals surface area contributed by atoms with Gasteiger partial charge in [0.1, 0.15) is 0 Å². The average molecular weight is 393 g/mol. The molecule has 120 valence electrons. The van der Waals surface area contributed by atoms with Gasteiger partial charge in [0.2, 0.25) is 0 Å². The highest BCUT2D eigenvalue weighted by Gasteiger charge is 2.24. The fourth-order valence-electron chi connectivity index (χ4n) is 2.87. The maximum Gasteiger partial charge on any atom is 0.0625 e. The number of benzene rings is 2. The van der Waals surface area contributed by atoms with Crippen molar-refractivity contribution in [2.24, 2.45) is 5.73 Å². The lowest BCUT2D eigenvalue weighted by Crippen LogP contribution is -2.33. The molecular formula is C18H19BrClN3. The second-order valence-electron chi connectivity index (χ2n) is 5.85. The van der Waals surface area contributed by atoms with E-state index in [1.165, 1.54) is 0 Å². The van der Waals surface area contributed by atoms with Gasteiger partial charge in [0, 0.05) is 39.0 Å². The summed E-state index contributed by atoms with van der Waals surface area (Å²) in [6, 6.07) is 14.5. The Hall–Kier alpha value is -1.65. The lowest BCUT2D eigenvalue weighted by molar-refractivity contribution is 0.659. The maximum atomic E-state index is 6.13. The molecule has 2 aromatic rings. The summed E-state index contributed by atoms with van der Waals surface area (Å²) in [4.78, 5) is 2.30. The van der Waals surface area contributed by atoms with Crippen molar-refractivity contribution < 1.29 is 0 Å². The van der Waals surface area contributed by atoms with Crippen molar-refractivity contribution in [3.8, 4) is 0 Å². The molecule has 1 heterocycles. The van der Waals surface area contributed by atoms with E-state index in [1.807, 2.05) is 37.3 Å². The predicted molar refractivity (Wildman–Crippen MR) is 102 cm³/mol. The van der Waals surface area contributed by atoms with Crippen LogP contribution in [0, 0.1) is 0 Å². The molecule has 3 N–H and O–H groups in total. The summed E-state index contributed by atoms with van der Waals surface area (Å²) in [6.07, 6.45) is 0. The normalized spacial score (nSPS) is 19.7.